The fourth-order valence-corrected chi connectivity index (χ4v) is 2.96. The Kier molecular flexibility index (Phi) is 4.99. The second-order valence-corrected chi connectivity index (χ2v) is 5.71. The maximum Gasteiger partial charge on any atom is 0.336 e. The van der Waals surface area contributed by atoms with Gasteiger partial charge in [0.1, 0.15) is 0 Å². The number of benzene rings is 2. The first-order chi connectivity index (χ1) is 13.4. The summed E-state index contributed by atoms with van der Waals surface area (Å²) in [4.78, 5) is 26.9. The summed E-state index contributed by atoms with van der Waals surface area (Å²) in [6, 6.07) is 8.68. The highest BCUT2D eigenvalue weighted by Crippen LogP contribution is 2.44. The molecule has 1 N–H and O–H groups in total. The average Bonchev–Trinajstić information content (AvgIpc) is 2.71. The zero-order valence-corrected chi connectivity index (χ0v) is 15.3. The molecule has 28 heavy (non-hydrogen) atoms. The zero-order valence-electron chi connectivity index (χ0n) is 15.3. The van der Waals surface area contributed by atoms with Gasteiger partial charge in [-0.3, -0.25) is 10.1 Å². The molecule has 1 heterocycles. The Balaban J connectivity index is 2.38. The average molecular weight is 384 g/mol. The zero-order chi connectivity index (χ0) is 20.4. The van der Waals surface area contributed by atoms with Crippen LogP contribution in [-0.2, 0) is 0 Å². The van der Waals surface area contributed by atoms with Gasteiger partial charge in [-0.1, -0.05) is 12.1 Å². The number of hydrogen-bond acceptors (Lipinski definition) is 7. The number of pyridine rings is 1. The van der Waals surface area contributed by atoms with Gasteiger partial charge < -0.3 is 19.3 Å². The van der Waals surface area contributed by atoms with E-state index in [2.05, 4.69) is 4.98 Å². The third-order valence-corrected chi connectivity index (χ3v) is 4.18. The van der Waals surface area contributed by atoms with Crippen molar-refractivity contribution in [2.75, 3.05) is 21.3 Å². The van der Waals surface area contributed by atoms with Crippen molar-refractivity contribution in [3.8, 4) is 28.5 Å². The summed E-state index contributed by atoms with van der Waals surface area (Å²) in [7, 11) is 4.24. The van der Waals surface area contributed by atoms with Gasteiger partial charge in [-0.05, 0) is 6.07 Å². The highest BCUT2D eigenvalue weighted by molar-refractivity contribution is 6.08. The fraction of sp³-hybridized carbons (Fsp3) is 0.158. The minimum atomic E-state index is -1.20. The van der Waals surface area contributed by atoms with Crippen LogP contribution in [0.25, 0.3) is 22.2 Å². The monoisotopic (exact) mass is 384 g/mol. The lowest BCUT2D eigenvalue weighted by Crippen LogP contribution is -2.04. The molecule has 0 spiro atoms. The summed E-state index contributed by atoms with van der Waals surface area (Å²) in [5.74, 6) is -0.478. The minimum absolute atomic E-state index is 0.0793. The Morgan fingerprint density at radius 2 is 1.79 bits per heavy atom. The van der Waals surface area contributed by atoms with Gasteiger partial charge in [-0.2, -0.15) is 0 Å². The van der Waals surface area contributed by atoms with E-state index in [-0.39, 0.29) is 39.3 Å². The summed E-state index contributed by atoms with van der Waals surface area (Å²) in [5.41, 5.74) is 0.761. The molecule has 0 aliphatic heterocycles. The first kappa shape index (κ1) is 18.9. The number of fused-ring (bicyclic) bond motifs is 1. The molecule has 9 nitrogen and oxygen atoms in total. The van der Waals surface area contributed by atoms with E-state index in [0.29, 0.717) is 11.3 Å². The molecule has 1 aromatic heterocycles. The lowest BCUT2D eigenvalue weighted by Gasteiger charge is -2.16. The summed E-state index contributed by atoms with van der Waals surface area (Å²) >= 11 is 0. The molecule has 144 valence electrons. The Bertz CT molecular complexity index is 1100. The maximum absolute atomic E-state index is 11.9. The molecular formula is C19H16N2O7. The van der Waals surface area contributed by atoms with Gasteiger partial charge in [-0.25, -0.2) is 9.78 Å². The quantitative estimate of drug-likeness (QED) is 0.506. The molecule has 3 rings (SSSR count). The largest absolute Gasteiger partial charge is 0.493 e. The number of nitro benzene ring substituents is 1. The molecule has 9 heteroatoms. The second kappa shape index (κ2) is 7.39. The molecule has 0 atom stereocenters. The van der Waals surface area contributed by atoms with Crippen LogP contribution in [0, 0.1) is 10.1 Å². The van der Waals surface area contributed by atoms with Gasteiger partial charge in [0.05, 0.1) is 48.4 Å². The lowest BCUT2D eigenvalue weighted by atomic mass is 10.0. The number of nitro groups is 1. The van der Waals surface area contributed by atoms with Crippen molar-refractivity contribution in [2.45, 2.75) is 0 Å². The first-order valence-electron chi connectivity index (χ1n) is 8.03. The van der Waals surface area contributed by atoms with Crippen LogP contribution in [0.1, 0.15) is 10.4 Å². The van der Waals surface area contributed by atoms with E-state index < -0.39 is 10.9 Å². The lowest BCUT2D eigenvalue weighted by molar-refractivity contribution is -0.384. The molecule has 3 aromatic rings. The maximum atomic E-state index is 11.9. The number of aromatic carboxylic acids is 1. The molecule has 2 aromatic carbocycles. The Morgan fingerprint density at radius 3 is 2.36 bits per heavy atom. The number of methoxy groups -OCH3 is 3. The molecule has 0 fully saturated rings. The number of hydrogen-bond donors (Lipinski definition) is 1. The van der Waals surface area contributed by atoms with Crippen LogP contribution >= 0.6 is 0 Å². The number of non-ortho nitro benzene ring substituents is 1. The molecule has 0 saturated carbocycles. The van der Waals surface area contributed by atoms with Crippen LogP contribution in [0.4, 0.5) is 5.69 Å². The number of aromatic nitrogens is 1. The van der Waals surface area contributed by atoms with Gasteiger partial charge >= 0.3 is 5.97 Å². The minimum Gasteiger partial charge on any atom is -0.493 e. The molecule has 0 amide bonds. The van der Waals surface area contributed by atoms with Gasteiger partial charge in [0, 0.05) is 23.8 Å². The fourth-order valence-electron chi connectivity index (χ4n) is 2.96. The van der Waals surface area contributed by atoms with Crippen molar-refractivity contribution in [3.05, 3.63) is 52.1 Å². The molecule has 0 aliphatic rings. The number of carboxylic acid groups (broad SMARTS) is 1. The molecule has 0 radical (unpaired) electrons. The van der Waals surface area contributed by atoms with Gasteiger partial charge in [0.2, 0.25) is 5.75 Å². The first-order valence-corrected chi connectivity index (χ1v) is 8.03. The number of ether oxygens (including phenoxy) is 3. The van der Waals surface area contributed by atoms with E-state index >= 15 is 0 Å². The number of nitrogens with zero attached hydrogens (tertiary/aromatic N) is 2. The van der Waals surface area contributed by atoms with Crippen LogP contribution in [-0.4, -0.2) is 42.3 Å². The molecule has 0 unspecified atom stereocenters. The number of rotatable bonds is 6. The SMILES string of the molecule is COc1cc2nc(-c3cccc([N+](=O)[O-])c3)cc(C(=O)O)c2c(OC)c1OC. The summed E-state index contributed by atoms with van der Waals surface area (Å²) in [6.07, 6.45) is 0. The van der Waals surface area contributed by atoms with Crippen molar-refractivity contribution >= 4 is 22.6 Å². The highest BCUT2D eigenvalue weighted by atomic mass is 16.6. The van der Waals surface area contributed by atoms with Crippen molar-refractivity contribution in [1.82, 2.24) is 4.98 Å². The van der Waals surface area contributed by atoms with Crippen molar-refractivity contribution in [3.63, 3.8) is 0 Å². The number of carboxylic acids is 1. The van der Waals surface area contributed by atoms with Crippen LogP contribution in [0.3, 0.4) is 0 Å². The molecule has 0 aliphatic carbocycles. The molecular weight excluding hydrogens is 368 g/mol. The van der Waals surface area contributed by atoms with Crippen LogP contribution in [0.2, 0.25) is 0 Å². The van der Waals surface area contributed by atoms with E-state index in [1.807, 2.05) is 0 Å². The summed E-state index contributed by atoms with van der Waals surface area (Å²) in [5, 5.41) is 21.0. The van der Waals surface area contributed by atoms with Gasteiger partial charge in [0.25, 0.3) is 5.69 Å². The van der Waals surface area contributed by atoms with E-state index in [1.54, 1.807) is 6.07 Å². The second-order valence-electron chi connectivity index (χ2n) is 5.71. The Morgan fingerprint density at radius 1 is 1.07 bits per heavy atom. The van der Waals surface area contributed by atoms with Crippen molar-refractivity contribution in [1.29, 1.82) is 0 Å². The normalized spacial score (nSPS) is 10.5. The third-order valence-electron chi connectivity index (χ3n) is 4.18. The van der Waals surface area contributed by atoms with Gasteiger partial charge in [-0.15, -0.1) is 0 Å². The van der Waals surface area contributed by atoms with Crippen LogP contribution in [0.5, 0.6) is 17.2 Å². The standard InChI is InChI=1S/C19H16N2O7/c1-26-15-9-14-16(18(28-3)17(15)27-2)12(19(22)23)8-13(20-14)10-5-4-6-11(7-10)21(24)25/h4-9H,1-3H3,(H,22,23). The Hall–Kier alpha value is -3.88. The smallest absolute Gasteiger partial charge is 0.336 e. The molecule has 0 saturated heterocycles. The van der Waals surface area contributed by atoms with Gasteiger partial charge in [0.15, 0.2) is 11.5 Å². The number of carbonyl (C=O) groups is 1. The summed E-state index contributed by atoms with van der Waals surface area (Å²) < 4.78 is 16.0. The van der Waals surface area contributed by atoms with E-state index in [0.717, 1.165) is 0 Å². The van der Waals surface area contributed by atoms with E-state index in [1.165, 1.54) is 51.7 Å². The Labute approximate surface area is 159 Å². The van der Waals surface area contributed by atoms with Crippen LogP contribution < -0.4 is 14.2 Å². The summed E-state index contributed by atoms with van der Waals surface area (Å²) in [6.45, 7) is 0. The van der Waals surface area contributed by atoms with E-state index in [9.17, 15) is 20.0 Å². The van der Waals surface area contributed by atoms with Crippen LogP contribution in [0.15, 0.2) is 36.4 Å². The topological polar surface area (TPSA) is 121 Å². The third kappa shape index (κ3) is 3.13. The van der Waals surface area contributed by atoms with Crippen molar-refractivity contribution in [2.24, 2.45) is 0 Å². The van der Waals surface area contributed by atoms with Crippen molar-refractivity contribution < 1.29 is 29.0 Å². The van der Waals surface area contributed by atoms with E-state index in [4.69, 9.17) is 14.2 Å². The predicted molar refractivity (Wildman–Crippen MR) is 100 cm³/mol. The molecule has 0 bridgehead atoms. The highest BCUT2D eigenvalue weighted by Gasteiger charge is 2.23. The predicted octanol–water partition coefficient (Wildman–Crippen LogP) is 3.53.